The van der Waals surface area contributed by atoms with E-state index in [9.17, 15) is 4.57 Å². The summed E-state index contributed by atoms with van der Waals surface area (Å²) in [4.78, 5) is 12.8. The predicted molar refractivity (Wildman–Crippen MR) is 76.8 cm³/mol. The van der Waals surface area contributed by atoms with Gasteiger partial charge in [0.25, 0.3) is 0 Å². The first-order chi connectivity index (χ1) is 8.09. The Morgan fingerprint density at radius 2 is 1.89 bits per heavy atom. The highest BCUT2D eigenvalue weighted by Gasteiger charge is 2.35. The van der Waals surface area contributed by atoms with Gasteiger partial charge in [-0.15, -0.1) is 0 Å². The third-order valence-electron chi connectivity index (χ3n) is 3.32. The van der Waals surface area contributed by atoms with Crippen LogP contribution in [0.1, 0.15) is 41.0 Å². The Balaban J connectivity index is 4.20. The van der Waals surface area contributed by atoms with E-state index in [1.807, 2.05) is 0 Å². The molecule has 0 heterocycles. The summed E-state index contributed by atoms with van der Waals surface area (Å²) < 4.78 is 10.7. The summed E-state index contributed by atoms with van der Waals surface area (Å²) in [7, 11) is 0. The van der Waals surface area contributed by atoms with Crippen molar-refractivity contribution in [1.82, 2.24) is 10.5 Å². The van der Waals surface area contributed by atoms with Crippen LogP contribution in [0.4, 0.5) is 0 Å². The lowest BCUT2D eigenvalue weighted by Crippen LogP contribution is -2.48. The molecule has 5 nitrogen and oxygen atoms in total. The van der Waals surface area contributed by atoms with Crippen LogP contribution in [0.2, 0.25) is 0 Å². The minimum Gasteiger partial charge on any atom is -0.322 e. The zero-order chi connectivity index (χ0) is 14.4. The van der Waals surface area contributed by atoms with Crippen LogP contribution < -0.4 is 10.5 Å². The van der Waals surface area contributed by atoms with E-state index in [0.29, 0.717) is 18.3 Å². The topological polar surface area (TPSA) is 65.7 Å². The first-order valence-electron chi connectivity index (χ1n) is 6.07. The lowest BCUT2D eigenvalue weighted by molar-refractivity contribution is 0.209. The van der Waals surface area contributed by atoms with E-state index in [-0.39, 0.29) is 12.1 Å². The molecule has 0 fully saturated rings. The first-order valence-corrected chi connectivity index (χ1v) is 8.63. The van der Waals surface area contributed by atoms with Crippen molar-refractivity contribution in [3.8, 4) is 6.07 Å². The van der Waals surface area contributed by atoms with Crippen LogP contribution in [-0.2, 0) is 4.57 Å². The summed E-state index contributed by atoms with van der Waals surface area (Å²) >= 11 is 5.13. The third-order valence-corrected chi connectivity index (χ3v) is 4.29. The number of hydrogen-bond acceptors (Lipinski definition) is 2. The maximum atomic E-state index is 10.7. The lowest BCUT2D eigenvalue weighted by Gasteiger charge is -2.31. The Morgan fingerprint density at radius 1 is 1.39 bits per heavy atom. The van der Waals surface area contributed by atoms with E-state index in [0.717, 1.165) is 0 Å². The molecule has 0 aromatic carbocycles. The molecule has 0 bridgehead atoms. The SMILES string of the molecule is CC(C)C(C)(N[N+]#CCCNP(=O)(O)Cl)C(C)C. The molecule has 0 amide bonds. The maximum Gasteiger partial charge on any atom is 0.357 e. The number of hydrogen-bond donors (Lipinski definition) is 3. The predicted octanol–water partition coefficient (Wildman–Crippen LogP) is 3.21. The highest BCUT2D eigenvalue weighted by molar-refractivity contribution is 7.82. The molecule has 7 heteroatoms. The van der Waals surface area contributed by atoms with Crippen LogP contribution in [0.25, 0.3) is 4.95 Å². The van der Waals surface area contributed by atoms with E-state index < -0.39 is 6.87 Å². The second-order valence-corrected chi connectivity index (χ2v) is 7.83. The van der Waals surface area contributed by atoms with Gasteiger partial charge in [-0.25, -0.2) is 5.09 Å². The highest BCUT2D eigenvalue weighted by Crippen LogP contribution is 2.40. The van der Waals surface area contributed by atoms with Gasteiger partial charge in [-0.05, 0) is 30.0 Å². The Kier molecular flexibility index (Phi) is 7.24. The summed E-state index contributed by atoms with van der Waals surface area (Å²) in [6.45, 7) is 7.28. The quantitative estimate of drug-likeness (QED) is 0.400. The zero-order valence-electron chi connectivity index (χ0n) is 11.7. The fourth-order valence-electron chi connectivity index (χ4n) is 1.39. The Bertz CT molecular complexity index is 349. The van der Waals surface area contributed by atoms with E-state index in [2.05, 4.69) is 56.2 Å². The van der Waals surface area contributed by atoms with Crippen LogP contribution in [0, 0.1) is 17.9 Å². The summed E-state index contributed by atoms with van der Waals surface area (Å²) in [5.74, 6) is 0.864. The van der Waals surface area contributed by atoms with Crippen molar-refractivity contribution in [3.05, 3.63) is 4.95 Å². The van der Waals surface area contributed by atoms with Gasteiger partial charge in [-0.2, -0.15) is 0 Å². The molecule has 0 saturated carbocycles. The van der Waals surface area contributed by atoms with Gasteiger partial charge >= 0.3 is 12.9 Å². The van der Waals surface area contributed by atoms with Crippen LogP contribution in [0.3, 0.4) is 0 Å². The molecule has 0 rings (SSSR count). The van der Waals surface area contributed by atoms with Crippen molar-refractivity contribution in [2.24, 2.45) is 11.8 Å². The fourth-order valence-corrected chi connectivity index (χ4v) is 2.03. The minimum atomic E-state index is -3.66. The highest BCUT2D eigenvalue weighted by atomic mass is 35.7. The van der Waals surface area contributed by atoms with Crippen LogP contribution in [0.15, 0.2) is 0 Å². The van der Waals surface area contributed by atoms with Crippen molar-refractivity contribution < 1.29 is 9.46 Å². The molecule has 0 aromatic heterocycles. The van der Waals surface area contributed by atoms with E-state index in [1.54, 1.807) is 0 Å². The molecule has 106 valence electrons. The van der Waals surface area contributed by atoms with Gasteiger partial charge in [-0.1, -0.05) is 33.1 Å². The second kappa shape index (κ2) is 7.35. The first kappa shape index (κ1) is 17.7. The van der Waals surface area contributed by atoms with Crippen molar-refractivity contribution >= 4 is 18.1 Å². The molecular weight excluding hydrogens is 273 g/mol. The average molecular weight is 297 g/mol. The molecule has 18 heavy (non-hydrogen) atoms. The molecule has 1 atom stereocenters. The van der Waals surface area contributed by atoms with Gasteiger partial charge in [0, 0.05) is 6.54 Å². The minimum absolute atomic E-state index is 0.0980. The van der Waals surface area contributed by atoms with Crippen LogP contribution in [-0.4, -0.2) is 17.0 Å². The lowest BCUT2D eigenvalue weighted by atomic mass is 9.79. The van der Waals surface area contributed by atoms with E-state index in [1.165, 1.54) is 0 Å². The van der Waals surface area contributed by atoms with E-state index in [4.69, 9.17) is 16.1 Å². The van der Waals surface area contributed by atoms with Crippen molar-refractivity contribution in [2.75, 3.05) is 6.54 Å². The largest absolute Gasteiger partial charge is 0.357 e. The zero-order valence-corrected chi connectivity index (χ0v) is 13.3. The molecule has 0 radical (unpaired) electrons. The number of halogens is 1. The monoisotopic (exact) mass is 296 g/mol. The summed E-state index contributed by atoms with van der Waals surface area (Å²) in [6.07, 6.45) is 0.413. The van der Waals surface area contributed by atoms with E-state index >= 15 is 0 Å². The molecular formula is C11H24ClN3O2P+. The van der Waals surface area contributed by atoms with Gasteiger partial charge in [0.15, 0.2) is 0 Å². The van der Waals surface area contributed by atoms with Crippen molar-refractivity contribution in [3.63, 3.8) is 0 Å². The number of nitrogens with zero attached hydrogens (tertiary/aromatic N) is 1. The van der Waals surface area contributed by atoms with Gasteiger partial charge in [0.05, 0.1) is 11.4 Å². The smallest absolute Gasteiger partial charge is 0.322 e. The molecule has 0 aromatic rings. The third kappa shape index (κ3) is 6.61. The van der Waals surface area contributed by atoms with Crippen molar-refractivity contribution in [2.45, 2.75) is 46.6 Å². The summed E-state index contributed by atoms with van der Waals surface area (Å²) in [5, 5.41) is 2.29. The van der Waals surface area contributed by atoms with Crippen LogP contribution >= 0.6 is 18.1 Å². The maximum absolute atomic E-state index is 10.7. The molecule has 0 aliphatic rings. The normalized spacial score (nSPS) is 15.2. The van der Waals surface area contributed by atoms with Gasteiger partial charge in [0.2, 0.25) is 0 Å². The molecule has 0 aliphatic heterocycles. The Hall–Kier alpha value is -0.270. The Morgan fingerprint density at radius 3 is 2.28 bits per heavy atom. The Labute approximate surface area is 114 Å². The number of nitrogens with one attached hydrogen (secondary N) is 2. The van der Waals surface area contributed by atoms with Gasteiger partial charge in [-0.3, -0.25) is 4.57 Å². The van der Waals surface area contributed by atoms with Crippen LogP contribution in [0.5, 0.6) is 0 Å². The summed E-state index contributed by atoms with van der Waals surface area (Å²) in [5.41, 5.74) is 3.02. The molecule has 0 spiro atoms. The number of rotatable bonds is 6. The molecule has 0 aliphatic carbocycles. The fraction of sp³-hybridized carbons (Fsp3) is 0.909. The summed E-state index contributed by atoms with van der Waals surface area (Å²) in [6, 6.07) is 2.78. The molecule has 0 saturated heterocycles. The average Bonchev–Trinajstić information content (AvgIpc) is 2.20. The standard InChI is InChI=1S/C11H23ClN3O2P/c1-9(2)11(5,10(3)4)15-13-7-6-8-14-18(12,16)17/h9-10,15H,6,8H2,1-5H3,(H-,14,16,17)/p+1. The van der Waals surface area contributed by atoms with Gasteiger partial charge in [0.1, 0.15) is 5.54 Å². The second-order valence-electron chi connectivity index (χ2n) is 5.13. The van der Waals surface area contributed by atoms with Crippen molar-refractivity contribution in [1.29, 1.82) is 0 Å². The molecule has 3 N–H and O–H groups in total. The van der Waals surface area contributed by atoms with Gasteiger partial charge < -0.3 is 4.89 Å². The molecule has 1 unspecified atom stereocenters.